The van der Waals surface area contributed by atoms with Gasteiger partial charge in [-0.05, 0) is 37.1 Å². The number of hydrogen-bond donors (Lipinski definition) is 2. The topological polar surface area (TPSA) is 75.8 Å². The summed E-state index contributed by atoms with van der Waals surface area (Å²) in [5.41, 5.74) is 3.24. The van der Waals surface area contributed by atoms with Gasteiger partial charge in [0.05, 0.1) is 13.7 Å². The normalized spacial score (nSPS) is 11.6. The number of guanidine groups is 1. The van der Waals surface area contributed by atoms with Crippen molar-refractivity contribution in [3.05, 3.63) is 59.5 Å². The molecule has 0 bridgehead atoms. The lowest BCUT2D eigenvalue weighted by molar-refractivity contribution is 0.409. The van der Waals surface area contributed by atoms with Crippen LogP contribution in [0, 0.1) is 6.92 Å². The van der Waals surface area contributed by atoms with E-state index in [1.165, 1.54) is 11.1 Å². The van der Waals surface area contributed by atoms with Gasteiger partial charge in [0.15, 0.2) is 17.4 Å². The van der Waals surface area contributed by atoms with Gasteiger partial charge >= 0.3 is 0 Å². The standard InChI is InChI=1S/C19H24N6O/c1-14-7-8-16(26-3)15(12-14)9-10-21-19(20-2)22-13-18-24-23-17-6-4-5-11-25(17)18/h4-8,11-12H,9-10,13H2,1-3H3,(H2,20,21,22). The molecule has 0 aliphatic carbocycles. The first kappa shape index (κ1) is 17.7. The molecular formula is C19H24N6O. The number of ether oxygens (including phenoxy) is 1. The van der Waals surface area contributed by atoms with Crippen molar-refractivity contribution in [2.24, 2.45) is 4.99 Å². The van der Waals surface area contributed by atoms with Crippen molar-refractivity contribution in [2.75, 3.05) is 20.7 Å². The molecule has 136 valence electrons. The Morgan fingerprint density at radius 2 is 2.08 bits per heavy atom. The number of nitrogens with one attached hydrogen (secondary N) is 2. The molecule has 1 aromatic carbocycles. The molecule has 7 nitrogen and oxygen atoms in total. The van der Waals surface area contributed by atoms with E-state index in [1.54, 1.807) is 14.2 Å². The minimum atomic E-state index is 0.540. The minimum absolute atomic E-state index is 0.540. The fourth-order valence-electron chi connectivity index (χ4n) is 2.81. The Kier molecular flexibility index (Phi) is 5.68. The first-order chi connectivity index (χ1) is 12.7. The largest absolute Gasteiger partial charge is 0.496 e. The second-order valence-corrected chi connectivity index (χ2v) is 5.96. The van der Waals surface area contributed by atoms with E-state index in [2.05, 4.69) is 44.9 Å². The number of aliphatic imine (C=N–C) groups is 1. The summed E-state index contributed by atoms with van der Waals surface area (Å²) in [6.07, 6.45) is 2.80. The average molecular weight is 352 g/mol. The maximum Gasteiger partial charge on any atom is 0.191 e. The molecule has 0 fully saturated rings. The van der Waals surface area contributed by atoms with Gasteiger partial charge in [-0.25, -0.2) is 0 Å². The summed E-state index contributed by atoms with van der Waals surface area (Å²) >= 11 is 0. The van der Waals surface area contributed by atoms with Crippen molar-refractivity contribution in [3.63, 3.8) is 0 Å². The second kappa shape index (κ2) is 8.33. The number of hydrogen-bond acceptors (Lipinski definition) is 4. The first-order valence-corrected chi connectivity index (χ1v) is 8.58. The smallest absolute Gasteiger partial charge is 0.191 e. The molecule has 0 spiro atoms. The lowest BCUT2D eigenvalue weighted by Gasteiger charge is -2.13. The Bertz CT molecular complexity index is 902. The number of pyridine rings is 1. The van der Waals surface area contributed by atoms with E-state index in [9.17, 15) is 0 Å². The third-order valence-corrected chi connectivity index (χ3v) is 4.14. The van der Waals surface area contributed by atoms with Crippen LogP contribution in [-0.4, -0.2) is 41.3 Å². The molecule has 0 aliphatic rings. The number of methoxy groups -OCH3 is 1. The van der Waals surface area contributed by atoms with Crippen LogP contribution in [-0.2, 0) is 13.0 Å². The van der Waals surface area contributed by atoms with Crippen molar-refractivity contribution >= 4 is 11.6 Å². The van der Waals surface area contributed by atoms with Gasteiger partial charge in [-0.15, -0.1) is 10.2 Å². The summed E-state index contributed by atoms with van der Waals surface area (Å²) in [4.78, 5) is 4.26. The Morgan fingerprint density at radius 3 is 2.88 bits per heavy atom. The molecule has 0 atom stereocenters. The lowest BCUT2D eigenvalue weighted by Crippen LogP contribution is -2.38. The molecule has 0 saturated heterocycles. The zero-order valence-electron chi connectivity index (χ0n) is 15.4. The van der Waals surface area contributed by atoms with Crippen LogP contribution in [0.5, 0.6) is 5.75 Å². The molecule has 0 aliphatic heterocycles. The number of rotatable bonds is 6. The lowest BCUT2D eigenvalue weighted by atomic mass is 10.1. The molecule has 0 saturated carbocycles. The molecule has 3 rings (SSSR count). The van der Waals surface area contributed by atoms with Crippen LogP contribution < -0.4 is 15.4 Å². The minimum Gasteiger partial charge on any atom is -0.496 e. The van der Waals surface area contributed by atoms with Crippen molar-refractivity contribution in [2.45, 2.75) is 19.9 Å². The molecular weight excluding hydrogens is 328 g/mol. The fourth-order valence-corrected chi connectivity index (χ4v) is 2.81. The predicted octanol–water partition coefficient (Wildman–Crippen LogP) is 1.95. The van der Waals surface area contributed by atoms with Gasteiger partial charge in [0.25, 0.3) is 0 Å². The Morgan fingerprint density at radius 1 is 1.19 bits per heavy atom. The molecule has 7 heteroatoms. The summed E-state index contributed by atoms with van der Waals surface area (Å²) in [6.45, 7) is 3.37. The molecule has 3 aromatic rings. The molecule has 2 aromatic heterocycles. The SMILES string of the molecule is CN=C(NCCc1cc(C)ccc1OC)NCc1nnc2ccccn12. The highest BCUT2D eigenvalue weighted by Gasteiger charge is 2.07. The number of aromatic nitrogens is 3. The summed E-state index contributed by atoms with van der Waals surface area (Å²) in [7, 11) is 3.45. The maximum absolute atomic E-state index is 5.43. The number of benzene rings is 1. The summed E-state index contributed by atoms with van der Waals surface area (Å²) in [6, 6.07) is 12.1. The summed E-state index contributed by atoms with van der Waals surface area (Å²) in [5.74, 6) is 2.48. The predicted molar refractivity (Wildman–Crippen MR) is 103 cm³/mol. The van der Waals surface area contributed by atoms with Gasteiger partial charge < -0.3 is 15.4 Å². The van der Waals surface area contributed by atoms with Crippen LogP contribution in [0.15, 0.2) is 47.6 Å². The van der Waals surface area contributed by atoms with Gasteiger partial charge in [-0.1, -0.05) is 23.8 Å². The monoisotopic (exact) mass is 352 g/mol. The number of aryl methyl sites for hydroxylation is 1. The van der Waals surface area contributed by atoms with Crippen LogP contribution in [0.4, 0.5) is 0 Å². The van der Waals surface area contributed by atoms with Crippen LogP contribution in [0.1, 0.15) is 17.0 Å². The quantitative estimate of drug-likeness (QED) is 0.524. The van der Waals surface area contributed by atoms with E-state index in [1.807, 2.05) is 34.9 Å². The maximum atomic E-state index is 5.43. The number of nitrogens with zero attached hydrogens (tertiary/aromatic N) is 4. The molecule has 0 unspecified atom stereocenters. The Hall–Kier alpha value is -3.09. The van der Waals surface area contributed by atoms with Crippen molar-refractivity contribution in [1.29, 1.82) is 0 Å². The Labute approximate surface area is 153 Å². The van der Waals surface area contributed by atoms with E-state index < -0.39 is 0 Å². The summed E-state index contributed by atoms with van der Waals surface area (Å²) < 4.78 is 7.39. The van der Waals surface area contributed by atoms with E-state index in [4.69, 9.17) is 4.74 Å². The molecule has 0 radical (unpaired) electrons. The summed E-state index contributed by atoms with van der Waals surface area (Å²) in [5, 5.41) is 15.0. The van der Waals surface area contributed by atoms with E-state index in [-0.39, 0.29) is 0 Å². The highest BCUT2D eigenvalue weighted by atomic mass is 16.5. The van der Waals surface area contributed by atoms with Crippen molar-refractivity contribution < 1.29 is 4.74 Å². The van der Waals surface area contributed by atoms with Crippen molar-refractivity contribution in [1.82, 2.24) is 25.2 Å². The van der Waals surface area contributed by atoms with Gasteiger partial charge in [0.1, 0.15) is 5.75 Å². The molecule has 2 N–H and O–H groups in total. The Balaban J connectivity index is 1.55. The average Bonchev–Trinajstić information content (AvgIpc) is 3.08. The van der Waals surface area contributed by atoms with Crippen LogP contribution >= 0.6 is 0 Å². The highest BCUT2D eigenvalue weighted by molar-refractivity contribution is 5.79. The second-order valence-electron chi connectivity index (χ2n) is 5.96. The van der Waals surface area contributed by atoms with E-state index >= 15 is 0 Å². The van der Waals surface area contributed by atoms with Crippen molar-refractivity contribution in [3.8, 4) is 5.75 Å². The van der Waals surface area contributed by atoms with E-state index in [0.29, 0.717) is 6.54 Å². The van der Waals surface area contributed by atoms with Crippen LogP contribution in [0.25, 0.3) is 5.65 Å². The van der Waals surface area contributed by atoms with Gasteiger partial charge in [0.2, 0.25) is 0 Å². The zero-order valence-corrected chi connectivity index (χ0v) is 15.4. The fraction of sp³-hybridized carbons (Fsp3) is 0.316. The van der Waals surface area contributed by atoms with Gasteiger partial charge in [0, 0.05) is 19.8 Å². The third kappa shape index (κ3) is 4.11. The van der Waals surface area contributed by atoms with Crippen LogP contribution in [0.3, 0.4) is 0 Å². The van der Waals surface area contributed by atoms with Gasteiger partial charge in [-0.2, -0.15) is 0 Å². The van der Waals surface area contributed by atoms with Gasteiger partial charge in [-0.3, -0.25) is 9.39 Å². The third-order valence-electron chi connectivity index (χ3n) is 4.14. The zero-order chi connectivity index (χ0) is 18.4. The number of fused-ring (bicyclic) bond motifs is 1. The molecule has 2 heterocycles. The highest BCUT2D eigenvalue weighted by Crippen LogP contribution is 2.19. The molecule has 0 amide bonds. The van der Waals surface area contributed by atoms with Crippen LogP contribution in [0.2, 0.25) is 0 Å². The van der Waals surface area contributed by atoms with E-state index in [0.717, 1.165) is 36.1 Å². The molecule has 26 heavy (non-hydrogen) atoms. The first-order valence-electron chi connectivity index (χ1n) is 8.58.